The van der Waals surface area contributed by atoms with Gasteiger partial charge in [0.2, 0.25) is 10.0 Å². The van der Waals surface area contributed by atoms with Crippen LogP contribution in [0.25, 0.3) is 39.6 Å². The SMILES string of the molecule is CC1CN(S(=O)(=O)c2cccc(-c3nn(-c4ccccc4)cc3C=C(C#N)c3nc4ccccc4[nH]3)c2)CC(C)O1. The van der Waals surface area contributed by atoms with E-state index in [-0.39, 0.29) is 30.2 Å². The van der Waals surface area contributed by atoms with Crippen molar-refractivity contribution in [1.82, 2.24) is 24.1 Å². The van der Waals surface area contributed by atoms with Crippen LogP contribution in [0, 0.1) is 11.3 Å². The van der Waals surface area contributed by atoms with E-state index in [1.54, 1.807) is 29.0 Å². The first-order valence-electron chi connectivity index (χ1n) is 13.3. The Morgan fingerprint density at radius 1 is 1.02 bits per heavy atom. The Hall–Kier alpha value is -4.56. The van der Waals surface area contributed by atoms with Gasteiger partial charge in [-0.15, -0.1) is 0 Å². The van der Waals surface area contributed by atoms with Crippen LogP contribution in [0.4, 0.5) is 0 Å². The van der Waals surface area contributed by atoms with Crippen molar-refractivity contribution in [3.05, 3.63) is 96.4 Å². The molecule has 41 heavy (non-hydrogen) atoms. The summed E-state index contributed by atoms with van der Waals surface area (Å²) in [7, 11) is -3.77. The van der Waals surface area contributed by atoms with Crippen LogP contribution in [-0.4, -0.2) is 57.8 Å². The summed E-state index contributed by atoms with van der Waals surface area (Å²) < 4.78 is 36.2. The highest BCUT2D eigenvalue weighted by molar-refractivity contribution is 7.89. The molecule has 1 fully saturated rings. The molecule has 0 radical (unpaired) electrons. The van der Waals surface area contributed by atoms with Crippen molar-refractivity contribution in [1.29, 1.82) is 5.26 Å². The van der Waals surface area contributed by atoms with Gasteiger partial charge in [0.15, 0.2) is 0 Å². The molecule has 9 nitrogen and oxygen atoms in total. The number of morpholine rings is 1. The normalized spacial score (nSPS) is 18.4. The number of nitrogens with zero attached hydrogens (tertiary/aromatic N) is 5. The van der Waals surface area contributed by atoms with E-state index in [0.29, 0.717) is 28.2 Å². The predicted octanol–water partition coefficient (Wildman–Crippen LogP) is 5.28. The standard InChI is InChI=1S/C31H28N6O3S/c1-21-18-36(19-22(2)40-21)41(38,39)27-12-8-9-23(16-27)30-25(20-37(35-30)26-10-4-3-5-11-26)15-24(17-32)31-33-28-13-6-7-14-29(28)34-31/h3-16,20-22H,18-19H2,1-2H3,(H,33,34). The second-order valence-corrected chi connectivity index (χ2v) is 12.0. The van der Waals surface area contributed by atoms with Crippen LogP contribution in [0.1, 0.15) is 25.2 Å². The van der Waals surface area contributed by atoms with Crippen LogP contribution < -0.4 is 0 Å². The Bertz CT molecular complexity index is 1860. The number of aromatic amines is 1. The quantitative estimate of drug-likeness (QED) is 0.281. The summed E-state index contributed by atoms with van der Waals surface area (Å²) in [4.78, 5) is 7.98. The molecule has 0 bridgehead atoms. The molecule has 1 saturated heterocycles. The number of fused-ring (bicyclic) bond motifs is 1. The number of aromatic nitrogens is 4. The molecule has 1 N–H and O–H groups in total. The predicted molar refractivity (Wildman–Crippen MR) is 157 cm³/mol. The van der Waals surface area contributed by atoms with Gasteiger partial charge in [-0.3, -0.25) is 0 Å². The molecule has 1 aliphatic rings. The van der Waals surface area contributed by atoms with Crippen molar-refractivity contribution in [3.8, 4) is 23.0 Å². The Balaban J connectivity index is 1.46. The number of benzene rings is 3. The minimum atomic E-state index is -3.77. The molecule has 3 heterocycles. The summed E-state index contributed by atoms with van der Waals surface area (Å²) in [6.07, 6.45) is 3.17. The van der Waals surface area contributed by atoms with Crippen molar-refractivity contribution in [3.63, 3.8) is 0 Å². The number of imidazole rings is 1. The number of H-pyrrole nitrogens is 1. The number of sulfonamides is 1. The molecule has 10 heteroatoms. The number of allylic oxidation sites excluding steroid dienone is 1. The maximum Gasteiger partial charge on any atom is 0.243 e. The monoisotopic (exact) mass is 564 g/mol. The number of para-hydroxylation sites is 3. The number of ether oxygens (including phenoxy) is 1. The van der Waals surface area contributed by atoms with Gasteiger partial charge in [0.05, 0.1) is 39.4 Å². The zero-order chi connectivity index (χ0) is 28.6. The van der Waals surface area contributed by atoms with Crippen molar-refractivity contribution < 1.29 is 13.2 Å². The van der Waals surface area contributed by atoms with E-state index in [2.05, 4.69) is 16.0 Å². The highest BCUT2D eigenvalue weighted by Gasteiger charge is 2.32. The van der Waals surface area contributed by atoms with Gasteiger partial charge in [-0.1, -0.05) is 42.5 Å². The lowest BCUT2D eigenvalue weighted by molar-refractivity contribution is -0.0440. The summed E-state index contributed by atoms with van der Waals surface area (Å²) >= 11 is 0. The van der Waals surface area contributed by atoms with E-state index in [4.69, 9.17) is 9.84 Å². The number of nitriles is 1. The van der Waals surface area contributed by atoms with Crippen molar-refractivity contribution in [2.24, 2.45) is 0 Å². The molecule has 2 unspecified atom stereocenters. The molecule has 0 saturated carbocycles. The third-order valence-electron chi connectivity index (χ3n) is 6.96. The van der Waals surface area contributed by atoms with Crippen molar-refractivity contribution in [2.45, 2.75) is 31.0 Å². The molecule has 2 aromatic heterocycles. The van der Waals surface area contributed by atoms with Gasteiger partial charge in [0, 0.05) is 30.4 Å². The van der Waals surface area contributed by atoms with E-state index in [9.17, 15) is 13.7 Å². The maximum atomic E-state index is 13.6. The summed E-state index contributed by atoms with van der Waals surface area (Å²) in [6.45, 7) is 4.32. The Labute approximate surface area is 238 Å². The van der Waals surface area contributed by atoms with Crippen LogP contribution in [-0.2, 0) is 14.8 Å². The van der Waals surface area contributed by atoms with Crippen LogP contribution in [0.5, 0.6) is 0 Å². The van der Waals surface area contributed by atoms with E-state index in [1.807, 2.05) is 80.7 Å². The Kier molecular flexibility index (Phi) is 7.01. The molecule has 206 valence electrons. The summed E-state index contributed by atoms with van der Waals surface area (Å²) in [5.74, 6) is 0.444. The van der Waals surface area contributed by atoms with Gasteiger partial charge in [-0.25, -0.2) is 18.1 Å². The lowest BCUT2D eigenvalue weighted by Gasteiger charge is -2.34. The fourth-order valence-electron chi connectivity index (χ4n) is 5.10. The zero-order valence-corrected chi connectivity index (χ0v) is 23.4. The largest absolute Gasteiger partial charge is 0.373 e. The smallest absolute Gasteiger partial charge is 0.243 e. The molecule has 5 aromatic rings. The summed E-state index contributed by atoms with van der Waals surface area (Å²) in [5.41, 5.74) is 4.55. The molecule has 0 amide bonds. The first-order valence-corrected chi connectivity index (χ1v) is 14.7. The fourth-order valence-corrected chi connectivity index (χ4v) is 6.74. The third-order valence-corrected chi connectivity index (χ3v) is 8.79. The number of hydrogen-bond acceptors (Lipinski definition) is 6. The van der Waals surface area contributed by atoms with Gasteiger partial charge in [-0.2, -0.15) is 14.7 Å². The Morgan fingerprint density at radius 3 is 2.49 bits per heavy atom. The van der Waals surface area contributed by atoms with Gasteiger partial charge in [-0.05, 0) is 56.3 Å². The van der Waals surface area contributed by atoms with Gasteiger partial charge in [0.1, 0.15) is 17.6 Å². The summed E-state index contributed by atoms with van der Waals surface area (Å²) in [6, 6.07) is 26.2. The molecule has 1 aliphatic heterocycles. The van der Waals surface area contributed by atoms with E-state index < -0.39 is 10.0 Å². The van der Waals surface area contributed by atoms with E-state index in [0.717, 1.165) is 16.7 Å². The van der Waals surface area contributed by atoms with Gasteiger partial charge < -0.3 is 9.72 Å². The van der Waals surface area contributed by atoms with E-state index in [1.165, 1.54) is 4.31 Å². The average Bonchev–Trinajstić information content (AvgIpc) is 3.60. The third kappa shape index (κ3) is 5.30. The highest BCUT2D eigenvalue weighted by atomic mass is 32.2. The molecule has 2 atom stereocenters. The topological polar surface area (TPSA) is 117 Å². The molecule has 0 spiro atoms. The fraction of sp³-hybridized carbons (Fsp3) is 0.194. The minimum absolute atomic E-state index is 0.179. The molecule has 6 rings (SSSR count). The first-order chi connectivity index (χ1) is 19.8. The molecule has 0 aliphatic carbocycles. The average molecular weight is 565 g/mol. The number of nitrogens with one attached hydrogen (secondary N) is 1. The number of hydrogen-bond donors (Lipinski definition) is 1. The molecule has 3 aromatic carbocycles. The van der Waals surface area contributed by atoms with Gasteiger partial charge >= 0.3 is 0 Å². The molecular formula is C31H28N6O3S. The van der Waals surface area contributed by atoms with E-state index >= 15 is 0 Å². The zero-order valence-electron chi connectivity index (χ0n) is 22.6. The number of rotatable bonds is 6. The Morgan fingerprint density at radius 2 is 1.76 bits per heavy atom. The van der Waals surface area contributed by atoms with Crippen molar-refractivity contribution >= 4 is 32.7 Å². The second-order valence-electron chi connectivity index (χ2n) is 10.1. The second kappa shape index (κ2) is 10.8. The van der Waals surface area contributed by atoms with Crippen LogP contribution in [0.3, 0.4) is 0 Å². The molecular weight excluding hydrogens is 536 g/mol. The van der Waals surface area contributed by atoms with Crippen molar-refractivity contribution in [2.75, 3.05) is 13.1 Å². The van der Waals surface area contributed by atoms with Crippen LogP contribution >= 0.6 is 0 Å². The first kappa shape index (κ1) is 26.7. The van der Waals surface area contributed by atoms with Crippen LogP contribution in [0.15, 0.2) is 90.0 Å². The maximum absolute atomic E-state index is 13.6. The van der Waals surface area contributed by atoms with Crippen LogP contribution in [0.2, 0.25) is 0 Å². The van der Waals surface area contributed by atoms with Gasteiger partial charge in [0.25, 0.3) is 0 Å². The lowest BCUT2D eigenvalue weighted by atomic mass is 10.1. The highest BCUT2D eigenvalue weighted by Crippen LogP contribution is 2.31. The lowest BCUT2D eigenvalue weighted by Crippen LogP contribution is -2.48. The summed E-state index contributed by atoms with van der Waals surface area (Å²) in [5, 5.41) is 14.9. The minimum Gasteiger partial charge on any atom is -0.373 e.